The largest absolute Gasteiger partial charge is 0.357 e. The highest BCUT2D eigenvalue weighted by Gasteiger charge is 2.02. The average Bonchev–Trinajstić information content (AvgIpc) is 2.63. The summed E-state index contributed by atoms with van der Waals surface area (Å²) in [5.74, 6) is 0. The van der Waals surface area contributed by atoms with Crippen LogP contribution in [0.5, 0.6) is 0 Å². The van der Waals surface area contributed by atoms with Crippen molar-refractivity contribution in [2.75, 3.05) is 5.32 Å². The van der Waals surface area contributed by atoms with Gasteiger partial charge in [0.2, 0.25) is 0 Å². The van der Waals surface area contributed by atoms with Crippen LogP contribution in [0.2, 0.25) is 10.0 Å². The second kappa shape index (κ2) is 5.04. The molecule has 0 saturated carbocycles. The number of rotatable bonds is 3. The third-order valence-electron chi connectivity index (χ3n) is 2.07. The first kappa shape index (κ1) is 11.7. The average molecular weight is 273 g/mol. The van der Waals surface area contributed by atoms with Crippen LogP contribution in [0.3, 0.4) is 0 Å². The summed E-state index contributed by atoms with van der Waals surface area (Å²) in [6.45, 7) is 2.68. The predicted molar refractivity (Wildman–Crippen MR) is 70.6 cm³/mol. The molecule has 0 atom stereocenters. The first-order valence-electron chi connectivity index (χ1n) is 4.75. The zero-order chi connectivity index (χ0) is 11.5. The van der Waals surface area contributed by atoms with E-state index in [1.165, 1.54) is 4.88 Å². The molecule has 0 spiro atoms. The Balaban J connectivity index is 2.04. The van der Waals surface area contributed by atoms with Gasteiger partial charge in [-0.25, -0.2) is 4.98 Å². The van der Waals surface area contributed by atoms with Crippen molar-refractivity contribution < 1.29 is 0 Å². The molecule has 5 heteroatoms. The van der Waals surface area contributed by atoms with E-state index in [2.05, 4.69) is 10.3 Å². The number of benzene rings is 1. The first-order valence-corrected chi connectivity index (χ1v) is 6.32. The number of hydrogen-bond donors (Lipinski definition) is 1. The van der Waals surface area contributed by atoms with Crippen LogP contribution < -0.4 is 5.32 Å². The molecule has 0 bridgehead atoms. The molecule has 0 fully saturated rings. The minimum absolute atomic E-state index is 0.652. The number of aromatic nitrogens is 1. The third-order valence-corrected chi connectivity index (χ3v) is 3.52. The molecule has 1 heterocycles. The van der Waals surface area contributed by atoms with E-state index in [1.54, 1.807) is 17.4 Å². The number of thiazole rings is 1. The molecule has 84 valence electrons. The van der Waals surface area contributed by atoms with E-state index < -0.39 is 0 Å². The van der Waals surface area contributed by atoms with E-state index in [0.29, 0.717) is 16.6 Å². The molecule has 2 aromatic rings. The molecule has 1 aromatic heterocycles. The minimum atomic E-state index is 0.652. The van der Waals surface area contributed by atoms with E-state index >= 15 is 0 Å². The zero-order valence-corrected chi connectivity index (χ0v) is 11.0. The number of nitrogens with one attached hydrogen (secondary N) is 1. The normalized spacial score (nSPS) is 10.4. The lowest BCUT2D eigenvalue weighted by molar-refractivity contribution is 1.13. The van der Waals surface area contributed by atoms with E-state index in [1.807, 2.05) is 25.3 Å². The van der Waals surface area contributed by atoms with Crippen LogP contribution in [0.4, 0.5) is 5.13 Å². The van der Waals surface area contributed by atoms with Gasteiger partial charge < -0.3 is 5.32 Å². The molecule has 0 saturated heterocycles. The third kappa shape index (κ3) is 2.88. The number of hydrogen-bond acceptors (Lipinski definition) is 3. The molecule has 0 aliphatic heterocycles. The molecule has 1 aromatic carbocycles. The van der Waals surface area contributed by atoms with Crippen molar-refractivity contribution in [3.05, 3.63) is 44.9 Å². The summed E-state index contributed by atoms with van der Waals surface area (Å²) in [4.78, 5) is 5.40. The summed E-state index contributed by atoms with van der Waals surface area (Å²) in [7, 11) is 0. The summed E-state index contributed by atoms with van der Waals surface area (Å²) in [6, 6.07) is 5.49. The SMILES string of the molecule is Cc1cnc(NCc2ccc(Cl)cc2Cl)s1. The summed E-state index contributed by atoms with van der Waals surface area (Å²) in [6.07, 6.45) is 1.84. The Kier molecular flexibility index (Phi) is 3.69. The van der Waals surface area contributed by atoms with Crippen LogP contribution in [0.25, 0.3) is 0 Å². The highest BCUT2D eigenvalue weighted by atomic mass is 35.5. The van der Waals surface area contributed by atoms with Crippen molar-refractivity contribution in [1.82, 2.24) is 4.98 Å². The van der Waals surface area contributed by atoms with Crippen molar-refractivity contribution in [3.8, 4) is 0 Å². The predicted octanol–water partition coefficient (Wildman–Crippen LogP) is 4.37. The highest BCUT2D eigenvalue weighted by molar-refractivity contribution is 7.15. The van der Waals surface area contributed by atoms with Gasteiger partial charge in [-0.15, -0.1) is 11.3 Å². The minimum Gasteiger partial charge on any atom is -0.357 e. The number of halogens is 2. The molecule has 0 aliphatic carbocycles. The lowest BCUT2D eigenvalue weighted by atomic mass is 10.2. The van der Waals surface area contributed by atoms with E-state index in [9.17, 15) is 0 Å². The summed E-state index contributed by atoms with van der Waals surface area (Å²) >= 11 is 13.5. The first-order chi connectivity index (χ1) is 7.65. The number of nitrogens with zero attached hydrogens (tertiary/aromatic N) is 1. The van der Waals surface area contributed by atoms with Crippen molar-refractivity contribution >= 4 is 39.7 Å². The fraction of sp³-hybridized carbons (Fsp3) is 0.182. The molecular weight excluding hydrogens is 263 g/mol. The number of anilines is 1. The second-order valence-electron chi connectivity index (χ2n) is 3.37. The Morgan fingerprint density at radius 1 is 1.38 bits per heavy atom. The Bertz CT molecular complexity index is 496. The van der Waals surface area contributed by atoms with Crippen molar-refractivity contribution in [3.63, 3.8) is 0 Å². The summed E-state index contributed by atoms with van der Waals surface area (Å²) < 4.78 is 0. The maximum absolute atomic E-state index is 6.06. The van der Waals surface area contributed by atoms with Crippen LogP contribution in [0.1, 0.15) is 10.4 Å². The van der Waals surface area contributed by atoms with Crippen LogP contribution in [-0.4, -0.2) is 4.98 Å². The van der Waals surface area contributed by atoms with Gasteiger partial charge in [-0.2, -0.15) is 0 Å². The Labute approximate surface area is 108 Å². The summed E-state index contributed by atoms with van der Waals surface area (Å²) in [5.41, 5.74) is 1.01. The van der Waals surface area contributed by atoms with Crippen LogP contribution >= 0.6 is 34.5 Å². The summed E-state index contributed by atoms with van der Waals surface area (Å²) in [5, 5.41) is 5.45. The van der Waals surface area contributed by atoms with Crippen molar-refractivity contribution in [1.29, 1.82) is 0 Å². The molecule has 0 unspecified atom stereocenters. The van der Waals surface area contributed by atoms with Gasteiger partial charge in [0, 0.05) is 27.7 Å². The van der Waals surface area contributed by atoms with Crippen LogP contribution in [-0.2, 0) is 6.54 Å². The van der Waals surface area contributed by atoms with Gasteiger partial charge >= 0.3 is 0 Å². The lowest BCUT2D eigenvalue weighted by Crippen LogP contribution is -1.99. The fourth-order valence-corrected chi connectivity index (χ4v) is 2.41. The standard InChI is InChI=1S/C11H10Cl2N2S/c1-7-5-14-11(16-7)15-6-8-2-3-9(12)4-10(8)13/h2-5H,6H2,1H3,(H,14,15). The van der Waals surface area contributed by atoms with Gasteiger partial charge in [-0.3, -0.25) is 0 Å². The zero-order valence-electron chi connectivity index (χ0n) is 8.63. The molecule has 1 N–H and O–H groups in total. The molecular formula is C11H10Cl2N2S. The van der Waals surface area contributed by atoms with Gasteiger partial charge in [0.1, 0.15) is 0 Å². The van der Waals surface area contributed by atoms with Crippen molar-refractivity contribution in [2.45, 2.75) is 13.5 Å². The lowest BCUT2D eigenvalue weighted by Gasteiger charge is -2.05. The Morgan fingerprint density at radius 2 is 2.19 bits per heavy atom. The van der Waals surface area contributed by atoms with Gasteiger partial charge in [-0.05, 0) is 24.6 Å². The second-order valence-corrected chi connectivity index (χ2v) is 5.44. The maximum atomic E-state index is 6.06. The van der Waals surface area contributed by atoms with Crippen molar-refractivity contribution in [2.24, 2.45) is 0 Å². The number of aryl methyl sites for hydroxylation is 1. The fourth-order valence-electron chi connectivity index (χ4n) is 1.27. The topological polar surface area (TPSA) is 24.9 Å². The molecule has 0 aliphatic rings. The van der Waals surface area contributed by atoms with Crippen LogP contribution in [0.15, 0.2) is 24.4 Å². The quantitative estimate of drug-likeness (QED) is 0.898. The van der Waals surface area contributed by atoms with E-state index in [4.69, 9.17) is 23.2 Å². The smallest absolute Gasteiger partial charge is 0.183 e. The van der Waals surface area contributed by atoms with E-state index in [-0.39, 0.29) is 0 Å². The maximum Gasteiger partial charge on any atom is 0.183 e. The van der Waals surface area contributed by atoms with Gasteiger partial charge in [0.25, 0.3) is 0 Å². The molecule has 16 heavy (non-hydrogen) atoms. The molecule has 2 nitrogen and oxygen atoms in total. The van der Waals surface area contributed by atoms with Crippen LogP contribution in [0, 0.1) is 6.92 Å². The molecule has 0 amide bonds. The van der Waals surface area contributed by atoms with Gasteiger partial charge in [-0.1, -0.05) is 29.3 Å². The monoisotopic (exact) mass is 272 g/mol. The molecule has 0 radical (unpaired) electrons. The van der Waals surface area contributed by atoms with Gasteiger partial charge in [0.15, 0.2) is 5.13 Å². The van der Waals surface area contributed by atoms with E-state index in [0.717, 1.165) is 10.7 Å². The Hall–Kier alpha value is -0.770. The Morgan fingerprint density at radius 3 is 2.81 bits per heavy atom. The highest BCUT2D eigenvalue weighted by Crippen LogP contribution is 2.23. The molecule has 2 rings (SSSR count). The van der Waals surface area contributed by atoms with Gasteiger partial charge in [0.05, 0.1) is 0 Å².